The van der Waals surface area contributed by atoms with Gasteiger partial charge in [0.15, 0.2) is 6.04 Å². The molecule has 0 aliphatic carbocycles. The molecule has 0 heterocycles. The standard InChI is InChI=1S/C17H27NO4/c1-6-20-18(21-7-2)15(16(19)22-17(3,4)5)13-14-11-9-8-10-12-14/h8-12,15H,6-7,13H2,1-5H3/t15-/m0/s1. The predicted octanol–water partition coefficient (Wildman–Crippen LogP) is 3.14. The summed E-state index contributed by atoms with van der Waals surface area (Å²) in [5.74, 6) is -0.363. The Bertz CT molecular complexity index is 436. The average Bonchev–Trinajstić information content (AvgIpc) is 2.44. The summed E-state index contributed by atoms with van der Waals surface area (Å²) in [5, 5.41) is 1.26. The quantitative estimate of drug-likeness (QED) is 0.545. The maximum Gasteiger partial charge on any atom is 0.329 e. The summed E-state index contributed by atoms with van der Waals surface area (Å²) in [6, 6.07) is 9.09. The number of nitrogens with zero attached hydrogens (tertiary/aromatic N) is 1. The molecular formula is C17H27NO4. The molecule has 0 N–H and O–H groups in total. The van der Waals surface area contributed by atoms with Gasteiger partial charge in [-0.15, -0.1) is 0 Å². The van der Waals surface area contributed by atoms with Gasteiger partial charge in [0.05, 0.1) is 13.2 Å². The number of ether oxygens (including phenoxy) is 1. The lowest BCUT2D eigenvalue weighted by Gasteiger charge is -2.30. The number of esters is 1. The van der Waals surface area contributed by atoms with Gasteiger partial charge in [-0.1, -0.05) is 35.6 Å². The maximum atomic E-state index is 12.5. The first kappa shape index (κ1) is 18.6. The van der Waals surface area contributed by atoms with Crippen LogP contribution in [0.4, 0.5) is 0 Å². The second-order valence-electron chi connectivity index (χ2n) is 5.86. The van der Waals surface area contributed by atoms with Crippen LogP contribution in [0.2, 0.25) is 0 Å². The second-order valence-corrected chi connectivity index (χ2v) is 5.86. The monoisotopic (exact) mass is 309 g/mol. The number of hydroxylamine groups is 2. The van der Waals surface area contributed by atoms with Crippen LogP contribution < -0.4 is 0 Å². The van der Waals surface area contributed by atoms with Gasteiger partial charge in [-0.2, -0.15) is 0 Å². The highest BCUT2D eigenvalue weighted by Crippen LogP contribution is 2.16. The van der Waals surface area contributed by atoms with Crippen LogP contribution in [0.3, 0.4) is 0 Å². The first-order valence-corrected chi connectivity index (χ1v) is 7.69. The van der Waals surface area contributed by atoms with Crippen molar-refractivity contribution < 1.29 is 19.2 Å². The Labute approximate surface area is 133 Å². The Balaban J connectivity index is 2.94. The molecule has 0 saturated heterocycles. The van der Waals surface area contributed by atoms with E-state index >= 15 is 0 Å². The molecule has 0 amide bonds. The van der Waals surface area contributed by atoms with Gasteiger partial charge < -0.3 is 4.74 Å². The summed E-state index contributed by atoms with van der Waals surface area (Å²) in [6.45, 7) is 10.0. The van der Waals surface area contributed by atoms with E-state index in [0.717, 1.165) is 5.56 Å². The number of carbonyl (C=O) groups is 1. The van der Waals surface area contributed by atoms with Gasteiger partial charge in [-0.25, -0.2) is 0 Å². The molecule has 0 aromatic heterocycles. The van der Waals surface area contributed by atoms with Gasteiger partial charge in [0.1, 0.15) is 5.60 Å². The third-order valence-electron chi connectivity index (χ3n) is 2.72. The van der Waals surface area contributed by atoms with Gasteiger partial charge in [0.2, 0.25) is 0 Å². The SMILES string of the molecule is CCON(OCC)[C@@H](Cc1ccccc1)C(=O)OC(C)(C)C. The topological polar surface area (TPSA) is 48.0 Å². The molecule has 124 valence electrons. The Morgan fingerprint density at radius 1 is 1.09 bits per heavy atom. The summed E-state index contributed by atoms with van der Waals surface area (Å²) >= 11 is 0. The largest absolute Gasteiger partial charge is 0.459 e. The number of carbonyl (C=O) groups excluding carboxylic acids is 1. The Hall–Kier alpha value is -1.43. The molecule has 0 bridgehead atoms. The zero-order chi connectivity index (χ0) is 16.6. The van der Waals surface area contributed by atoms with E-state index in [4.69, 9.17) is 14.4 Å². The minimum absolute atomic E-state index is 0.363. The number of hydrogen-bond acceptors (Lipinski definition) is 5. The minimum Gasteiger partial charge on any atom is -0.459 e. The van der Waals surface area contributed by atoms with Crippen LogP contribution >= 0.6 is 0 Å². The predicted molar refractivity (Wildman–Crippen MR) is 84.9 cm³/mol. The molecule has 5 nitrogen and oxygen atoms in total. The Kier molecular flexibility index (Phi) is 7.51. The molecule has 0 aliphatic rings. The van der Waals surface area contributed by atoms with Gasteiger partial charge >= 0.3 is 5.97 Å². The van der Waals surface area contributed by atoms with E-state index in [1.54, 1.807) is 0 Å². The number of hydrogen-bond donors (Lipinski definition) is 0. The summed E-state index contributed by atoms with van der Waals surface area (Å²) in [7, 11) is 0. The lowest BCUT2D eigenvalue weighted by molar-refractivity contribution is -0.381. The van der Waals surface area contributed by atoms with Crippen LogP contribution in [-0.4, -0.2) is 36.1 Å². The van der Waals surface area contributed by atoms with E-state index < -0.39 is 11.6 Å². The molecular weight excluding hydrogens is 282 g/mol. The van der Waals surface area contributed by atoms with Gasteiger partial charge in [-0.05, 0) is 40.2 Å². The lowest BCUT2D eigenvalue weighted by Crippen LogP contribution is -2.45. The van der Waals surface area contributed by atoms with Crippen molar-refractivity contribution in [1.29, 1.82) is 0 Å². The minimum atomic E-state index is -0.651. The van der Waals surface area contributed by atoms with Crippen molar-refractivity contribution in [2.24, 2.45) is 0 Å². The average molecular weight is 309 g/mol. The van der Waals surface area contributed by atoms with Crippen LogP contribution in [0.1, 0.15) is 40.2 Å². The normalized spacial score (nSPS) is 13.2. The summed E-state index contributed by atoms with van der Waals surface area (Å²) in [6.07, 6.45) is 0.454. The smallest absolute Gasteiger partial charge is 0.329 e. The van der Waals surface area contributed by atoms with E-state index in [-0.39, 0.29) is 5.97 Å². The van der Waals surface area contributed by atoms with Crippen LogP contribution in [0, 0.1) is 0 Å². The van der Waals surface area contributed by atoms with Crippen molar-refractivity contribution >= 4 is 5.97 Å². The maximum absolute atomic E-state index is 12.5. The first-order valence-electron chi connectivity index (χ1n) is 7.69. The number of benzene rings is 1. The molecule has 0 unspecified atom stereocenters. The van der Waals surface area contributed by atoms with Crippen molar-refractivity contribution in [3.63, 3.8) is 0 Å². The van der Waals surface area contributed by atoms with Crippen molar-refractivity contribution in [3.8, 4) is 0 Å². The molecule has 1 aromatic carbocycles. The molecule has 0 radical (unpaired) electrons. The lowest BCUT2D eigenvalue weighted by atomic mass is 10.1. The van der Waals surface area contributed by atoms with E-state index in [1.807, 2.05) is 65.0 Å². The fraction of sp³-hybridized carbons (Fsp3) is 0.588. The first-order chi connectivity index (χ1) is 10.4. The zero-order valence-corrected chi connectivity index (χ0v) is 14.2. The van der Waals surface area contributed by atoms with E-state index in [0.29, 0.717) is 19.6 Å². The highest BCUT2D eigenvalue weighted by Gasteiger charge is 2.32. The van der Waals surface area contributed by atoms with Gasteiger partial charge in [-0.3, -0.25) is 14.5 Å². The van der Waals surface area contributed by atoms with Gasteiger partial charge in [0.25, 0.3) is 0 Å². The third-order valence-corrected chi connectivity index (χ3v) is 2.72. The van der Waals surface area contributed by atoms with E-state index in [9.17, 15) is 4.79 Å². The molecule has 0 fully saturated rings. The highest BCUT2D eigenvalue weighted by molar-refractivity contribution is 5.76. The molecule has 5 heteroatoms. The van der Waals surface area contributed by atoms with Gasteiger partial charge in [0, 0.05) is 6.42 Å². The van der Waals surface area contributed by atoms with E-state index in [2.05, 4.69) is 0 Å². The van der Waals surface area contributed by atoms with Crippen LogP contribution in [0.15, 0.2) is 30.3 Å². The van der Waals surface area contributed by atoms with Crippen molar-refractivity contribution in [2.75, 3.05) is 13.2 Å². The number of rotatable bonds is 8. The van der Waals surface area contributed by atoms with Crippen LogP contribution in [-0.2, 0) is 25.6 Å². The van der Waals surface area contributed by atoms with E-state index in [1.165, 1.54) is 5.23 Å². The molecule has 22 heavy (non-hydrogen) atoms. The van der Waals surface area contributed by atoms with Crippen LogP contribution in [0.25, 0.3) is 0 Å². The van der Waals surface area contributed by atoms with Crippen molar-refractivity contribution in [2.45, 2.75) is 52.7 Å². The third kappa shape index (κ3) is 6.56. The molecule has 0 saturated carbocycles. The molecule has 1 rings (SSSR count). The van der Waals surface area contributed by atoms with Crippen molar-refractivity contribution in [1.82, 2.24) is 5.23 Å². The van der Waals surface area contributed by atoms with Crippen molar-refractivity contribution in [3.05, 3.63) is 35.9 Å². The summed E-state index contributed by atoms with van der Waals surface area (Å²) in [4.78, 5) is 23.5. The van der Waals surface area contributed by atoms with Crippen LogP contribution in [0.5, 0.6) is 0 Å². The Morgan fingerprint density at radius 2 is 1.64 bits per heavy atom. The molecule has 0 spiro atoms. The fourth-order valence-electron chi connectivity index (χ4n) is 1.92. The Morgan fingerprint density at radius 3 is 2.09 bits per heavy atom. The molecule has 1 atom stereocenters. The summed E-state index contributed by atoms with van der Waals surface area (Å²) in [5.41, 5.74) is 0.457. The molecule has 1 aromatic rings. The fourth-order valence-corrected chi connectivity index (χ4v) is 1.92. The highest BCUT2D eigenvalue weighted by atomic mass is 17.0. The summed E-state index contributed by atoms with van der Waals surface area (Å²) < 4.78 is 5.51. The zero-order valence-electron chi connectivity index (χ0n) is 14.2. The molecule has 0 aliphatic heterocycles. The second kappa shape index (κ2) is 8.88.